The van der Waals surface area contributed by atoms with Crippen LogP contribution in [0.25, 0.3) is 0 Å². The molecular formula is C11H16N4O. The van der Waals surface area contributed by atoms with Crippen molar-refractivity contribution in [3.8, 4) is 6.07 Å². The summed E-state index contributed by atoms with van der Waals surface area (Å²) >= 11 is 0. The van der Waals surface area contributed by atoms with Crippen LogP contribution in [0.2, 0.25) is 0 Å². The molecule has 1 unspecified atom stereocenters. The van der Waals surface area contributed by atoms with Crippen LogP contribution in [0.5, 0.6) is 0 Å². The highest BCUT2D eigenvalue weighted by atomic mass is 16.5. The van der Waals surface area contributed by atoms with Crippen molar-refractivity contribution in [1.82, 2.24) is 9.97 Å². The molecule has 1 aromatic heterocycles. The molecule has 0 aliphatic rings. The van der Waals surface area contributed by atoms with Crippen molar-refractivity contribution >= 4 is 5.82 Å². The Morgan fingerprint density at radius 1 is 1.50 bits per heavy atom. The maximum atomic E-state index is 8.72. The number of ether oxygens (including phenoxy) is 1. The quantitative estimate of drug-likeness (QED) is 0.819. The third-order valence-electron chi connectivity index (χ3n) is 2.21. The number of hydrogen-bond acceptors (Lipinski definition) is 5. The Hall–Kier alpha value is -1.67. The highest BCUT2D eigenvalue weighted by Gasteiger charge is 2.28. The Bertz CT molecular complexity index is 417. The lowest BCUT2D eigenvalue weighted by molar-refractivity contribution is 0.00875. The van der Waals surface area contributed by atoms with Gasteiger partial charge in [-0.15, -0.1) is 0 Å². The van der Waals surface area contributed by atoms with Gasteiger partial charge in [0.25, 0.3) is 0 Å². The van der Waals surface area contributed by atoms with E-state index in [1.807, 2.05) is 26.8 Å². The minimum atomic E-state index is -0.248. The summed E-state index contributed by atoms with van der Waals surface area (Å²) in [4.78, 5) is 8.21. The van der Waals surface area contributed by atoms with Crippen molar-refractivity contribution in [2.24, 2.45) is 5.41 Å². The molecule has 0 fully saturated rings. The van der Waals surface area contributed by atoms with Crippen LogP contribution in [0.1, 0.15) is 38.3 Å². The van der Waals surface area contributed by atoms with Gasteiger partial charge in [-0.25, -0.2) is 9.97 Å². The number of aromatic nitrogens is 2. The molecular weight excluding hydrogens is 204 g/mol. The Morgan fingerprint density at radius 3 is 2.50 bits per heavy atom. The highest BCUT2D eigenvalue weighted by molar-refractivity contribution is 5.46. The van der Waals surface area contributed by atoms with E-state index in [4.69, 9.17) is 15.7 Å². The molecule has 86 valence electrons. The summed E-state index contributed by atoms with van der Waals surface area (Å²) in [5.74, 6) is 0.699. The first kappa shape index (κ1) is 12.4. The summed E-state index contributed by atoms with van der Waals surface area (Å²) in [6.45, 7) is 6.08. The molecule has 0 aliphatic carbocycles. The summed E-state index contributed by atoms with van der Waals surface area (Å²) in [5.41, 5.74) is 5.79. The van der Waals surface area contributed by atoms with Crippen LogP contribution < -0.4 is 5.73 Å². The second-order valence-corrected chi connectivity index (χ2v) is 4.62. The molecule has 0 radical (unpaired) electrons. The first-order valence-corrected chi connectivity index (χ1v) is 4.95. The lowest BCUT2D eigenvalue weighted by atomic mass is 9.88. The van der Waals surface area contributed by atoms with E-state index < -0.39 is 0 Å². The average Bonchev–Trinajstić information content (AvgIpc) is 2.17. The van der Waals surface area contributed by atoms with Gasteiger partial charge in [0.1, 0.15) is 23.6 Å². The number of nitrogen functional groups attached to an aromatic ring is 1. The predicted octanol–water partition coefficient (Wildman–Crippen LogP) is 1.66. The van der Waals surface area contributed by atoms with Gasteiger partial charge in [0, 0.05) is 7.11 Å². The van der Waals surface area contributed by atoms with Crippen LogP contribution in [-0.2, 0) is 4.74 Å². The monoisotopic (exact) mass is 220 g/mol. The Kier molecular flexibility index (Phi) is 3.45. The van der Waals surface area contributed by atoms with Crippen LogP contribution in [-0.4, -0.2) is 17.1 Å². The molecule has 0 saturated heterocycles. The summed E-state index contributed by atoms with van der Waals surface area (Å²) in [6.07, 6.45) is 1.18. The van der Waals surface area contributed by atoms with Crippen molar-refractivity contribution < 1.29 is 4.74 Å². The second-order valence-electron chi connectivity index (χ2n) is 4.62. The summed E-state index contributed by atoms with van der Waals surface area (Å²) < 4.78 is 5.37. The standard InChI is InChI=1S/C11H16N4O/c1-11(2,3)8(16-4)10-14-6-7(5-12)9(13)15-10/h6,8H,1-4H3,(H2,13,14,15). The number of hydrogen-bond donors (Lipinski definition) is 1. The predicted molar refractivity (Wildman–Crippen MR) is 60.4 cm³/mol. The van der Waals surface area contributed by atoms with Crippen LogP contribution in [0, 0.1) is 16.7 Å². The average molecular weight is 220 g/mol. The largest absolute Gasteiger partial charge is 0.382 e. The minimum Gasteiger partial charge on any atom is -0.382 e. The maximum Gasteiger partial charge on any atom is 0.160 e. The second kappa shape index (κ2) is 4.45. The Morgan fingerprint density at radius 2 is 2.12 bits per heavy atom. The molecule has 5 nitrogen and oxygen atoms in total. The lowest BCUT2D eigenvalue weighted by Gasteiger charge is -2.27. The molecule has 0 aromatic carbocycles. The summed E-state index contributed by atoms with van der Waals surface area (Å²) in [7, 11) is 1.60. The van der Waals surface area contributed by atoms with E-state index in [2.05, 4.69) is 9.97 Å². The topological polar surface area (TPSA) is 84.8 Å². The fraction of sp³-hybridized carbons (Fsp3) is 0.545. The highest BCUT2D eigenvalue weighted by Crippen LogP contribution is 2.33. The van der Waals surface area contributed by atoms with Gasteiger partial charge in [-0.2, -0.15) is 5.26 Å². The molecule has 0 aliphatic heterocycles. The van der Waals surface area contributed by atoms with Gasteiger partial charge in [-0.1, -0.05) is 20.8 Å². The van der Waals surface area contributed by atoms with Crippen LogP contribution >= 0.6 is 0 Å². The van der Waals surface area contributed by atoms with E-state index in [1.54, 1.807) is 7.11 Å². The fourth-order valence-corrected chi connectivity index (χ4v) is 1.47. The van der Waals surface area contributed by atoms with Crippen LogP contribution in [0.15, 0.2) is 6.20 Å². The van der Waals surface area contributed by atoms with Gasteiger partial charge in [0.2, 0.25) is 0 Å². The molecule has 16 heavy (non-hydrogen) atoms. The van der Waals surface area contributed by atoms with E-state index in [-0.39, 0.29) is 22.9 Å². The van der Waals surface area contributed by atoms with Crippen LogP contribution in [0.4, 0.5) is 5.82 Å². The van der Waals surface area contributed by atoms with E-state index in [0.29, 0.717) is 5.82 Å². The maximum absolute atomic E-state index is 8.72. The normalized spacial score (nSPS) is 13.2. The minimum absolute atomic E-state index is 0.130. The number of nitrogens with zero attached hydrogens (tertiary/aromatic N) is 3. The molecule has 0 amide bonds. The number of nitriles is 1. The smallest absolute Gasteiger partial charge is 0.160 e. The lowest BCUT2D eigenvalue weighted by Crippen LogP contribution is -2.22. The van der Waals surface area contributed by atoms with Gasteiger partial charge in [0.15, 0.2) is 5.82 Å². The first-order valence-electron chi connectivity index (χ1n) is 4.95. The molecule has 0 spiro atoms. The number of anilines is 1. The zero-order valence-corrected chi connectivity index (χ0v) is 9.98. The van der Waals surface area contributed by atoms with Gasteiger partial charge in [-0.05, 0) is 5.41 Å². The Balaban J connectivity index is 3.14. The third kappa shape index (κ3) is 2.47. The van der Waals surface area contributed by atoms with Crippen LogP contribution in [0.3, 0.4) is 0 Å². The van der Waals surface area contributed by atoms with E-state index in [9.17, 15) is 0 Å². The van der Waals surface area contributed by atoms with Crippen molar-refractivity contribution in [3.63, 3.8) is 0 Å². The van der Waals surface area contributed by atoms with Crippen molar-refractivity contribution in [2.75, 3.05) is 12.8 Å². The number of rotatable bonds is 2. The zero-order valence-electron chi connectivity index (χ0n) is 9.98. The third-order valence-corrected chi connectivity index (χ3v) is 2.21. The molecule has 1 aromatic rings. The molecule has 2 N–H and O–H groups in total. The molecule has 1 heterocycles. The van der Waals surface area contributed by atoms with E-state index in [1.165, 1.54) is 6.20 Å². The van der Waals surface area contributed by atoms with Crippen molar-refractivity contribution in [3.05, 3.63) is 17.6 Å². The molecule has 1 atom stereocenters. The SMILES string of the molecule is COC(c1ncc(C#N)c(N)n1)C(C)(C)C. The molecule has 0 saturated carbocycles. The molecule has 1 rings (SSSR count). The first-order chi connectivity index (χ1) is 7.40. The van der Waals surface area contributed by atoms with E-state index >= 15 is 0 Å². The molecule has 0 bridgehead atoms. The van der Waals surface area contributed by atoms with Gasteiger partial charge < -0.3 is 10.5 Å². The number of methoxy groups -OCH3 is 1. The van der Waals surface area contributed by atoms with Gasteiger partial charge >= 0.3 is 0 Å². The van der Waals surface area contributed by atoms with Gasteiger partial charge in [0.05, 0.1) is 6.20 Å². The van der Waals surface area contributed by atoms with Crippen molar-refractivity contribution in [1.29, 1.82) is 5.26 Å². The zero-order chi connectivity index (χ0) is 12.3. The van der Waals surface area contributed by atoms with Crippen molar-refractivity contribution in [2.45, 2.75) is 26.9 Å². The van der Waals surface area contributed by atoms with Gasteiger partial charge in [-0.3, -0.25) is 0 Å². The summed E-state index contributed by atoms with van der Waals surface area (Å²) in [5, 5.41) is 8.72. The Labute approximate surface area is 95.3 Å². The number of nitrogens with two attached hydrogens (primary N) is 1. The summed E-state index contributed by atoms with van der Waals surface area (Å²) in [6, 6.07) is 1.93. The molecule has 5 heteroatoms. The van der Waals surface area contributed by atoms with E-state index in [0.717, 1.165) is 0 Å². The fourth-order valence-electron chi connectivity index (χ4n) is 1.47.